The van der Waals surface area contributed by atoms with Crippen molar-refractivity contribution in [3.63, 3.8) is 0 Å². The third-order valence-corrected chi connectivity index (χ3v) is 5.56. The lowest BCUT2D eigenvalue weighted by atomic mass is 9.93. The Labute approximate surface area is 167 Å². The van der Waals surface area contributed by atoms with Gasteiger partial charge in [-0.25, -0.2) is 0 Å². The van der Waals surface area contributed by atoms with Gasteiger partial charge in [0.1, 0.15) is 0 Å². The fourth-order valence-corrected chi connectivity index (χ4v) is 3.67. The van der Waals surface area contributed by atoms with Crippen molar-refractivity contribution >= 4 is 11.8 Å². The highest BCUT2D eigenvalue weighted by atomic mass is 16.2. The summed E-state index contributed by atoms with van der Waals surface area (Å²) in [5.74, 6) is 0.780. The molecule has 0 aromatic heterocycles. The molecule has 4 heteroatoms. The maximum absolute atomic E-state index is 12.6. The van der Waals surface area contributed by atoms with Gasteiger partial charge in [0.2, 0.25) is 5.91 Å². The van der Waals surface area contributed by atoms with Crippen molar-refractivity contribution in [1.82, 2.24) is 10.2 Å². The van der Waals surface area contributed by atoms with Gasteiger partial charge in [0.25, 0.3) is 5.91 Å². The van der Waals surface area contributed by atoms with Gasteiger partial charge in [0.05, 0.1) is 6.42 Å². The van der Waals surface area contributed by atoms with Crippen LogP contribution in [0.15, 0.2) is 48.5 Å². The highest BCUT2D eigenvalue weighted by molar-refractivity contribution is 5.94. The van der Waals surface area contributed by atoms with Crippen LogP contribution < -0.4 is 5.32 Å². The van der Waals surface area contributed by atoms with Crippen LogP contribution in [0.5, 0.6) is 0 Å². The molecule has 28 heavy (non-hydrogen) atoms. The van der Waals surface area contributed by atoms with E-state index in [0.717, 1.165) is 43.5 Å². The number of amides is 2. The topological polar surface area (TPSA) is 49.4 Å². The number of aryl methyl sites for hydroxylation is 2. The van der Waals surface area contributed by atoms with Crippen molar-refractivity contribution in [3.8, 4) is 0 Å². The molecule has 1 saturated heterocycles. The maximum Gasteiger partial charge on any atom is 0.253 e. The second-order valence-corrected chi connectivity index (χ2v) is 7.90. The number of piperidine rings is 1. The highest BCUT2D eigenvalue weighted by Crippen LogP contribution is 2.21. The van der Waals surface area contributed by atoms with Crippen molar-refractivity contribution < 1.29 is 9.59 Å². The number of rotatable bonds is 6. The van der Waals surface area contributed by atoms with Gasteiger partial charge in [-0.05, 0) is 56.7 Å². The Balaban J connectivity index is 1.36. The predicted octanol–water partition coefficient (Wildman–Crippen LogP) is 3.90. The zero-order valence-corrected chi connectivity index (χ0v) is 16.9. The quantitative estimate of drug-likeness (QED) is 0.829. The first-order valence-electron chi connectivity index (χ1n) is 10.2. The van der Waals surface area contributed by atoms with Crippen LogP contribution in [0.4, 0.5) is 0 Å². The fraction of sp³-hybridized carbons (Fsp3) is 0.417. The fourth-order valence-electron chi connectivity index (χ4n) is 3.67. The second-order valence-electron chi connectivity index (χ2n) is 7.90. The molecule has 3 rings (SSSR count). The molecule has 2 aromatic rings. The summed E-state index contributed by atoms with van der Waals surface area (Å²) in [4.78, 5) is 26.6. The van der Waals surface area contributed by atoms with Crippen LogP contribution in [0.25, 0.3) is 0 Å². The molecular formula is C24H30N2O2. The van der Waals surface area contributed by atoms with Crippen molar-refractivity contribution in [2.45, 2.75) is 39.5 Å². The minimum absolute atomic E-state index is 0.0795. The van der Waals surface area contributed by atoms with E-state index in [0.29, 0.717) is 18.9 Å². The van der Waals surface area contributed by atoms with E-state index in [9.17, 15) is 9.59 Å². The molecule has 4 nitrogen and oxygen atoms in total. The Morgan fingerprint density at radius 3 is 2.11 bits per heavy atom. The van der Waals surface area contributed by atoms with Crippen LogP contribution in [0, 0.1) is 19.8 Å². The van der Waals surface area contributed by atoms with E-state index in [4.69, 9.17) is 0 Å². The van der Waals surface area contributed by atoms with E-state index < -0.39 is 0 Å². The third-order valence-electron chi connectivity index (χ3n) is 5.56. The molecule has 0 bridgehead atoms. The number of carbonyl (C=O) groups excluding carboxylic acids is 2. The lowest BCUT2D eigenvalue weighted by Gasteiger charge is -2.32. The summed E-state index contributed by atoms with van der Waals surface area (Å²) in [6.07, 6.45) is 3.42. The molecule has 1 N–H and O–H groups in total. The van der Waals surface area contributed by atoms with Gasteiger partial charge < -0.3 is 10.2 Å². The molecule has 1 heterocycles. The van der Waals surface area contributed by atoms with Crippen molar-refractivity contribution in [2.24, 2.45) is 5.92 Å². The van der Waals surface area contributed by atoms with Gasteiger partial charge in [0.15, 0.2) is 0 Å². The molecule has 1 aliphatic rings. The Morgan fingerprint density at radius 2 is 1.50 bits per heavy atom. The number of carbonyl (C=O) groups is 2. The van der Waals surface area contributed by atoms with Gasteiger partial charge in [-0.15, -0.1) is 0 Å². The summed E-state index contributed by atoms with van der Waals surface area (Å²) in [5, 5.41) is 3.04. The van der Waals surface area contributed by atoms with Gasteiger partial charge in [0, 0.05) is 25.2 Å². The molecular weight excluding hydrogens is 348 g/mol. The minimum Gasteiger partial charge on any atom is -0.356 e. The first-order chi connectivity index (χ1) is 13.5. The third kappa shape index (κ3) is 5.69. The normalized spacial score (nSPS) is 14.7. The Hall–Kier alpha value is -2.62. The highest BCUT2D eigenvalue weighted by Gasteiger charge is 2.23. The molecule has 2 aromatic carbocycles. The van der Waals surface area contributed by atoms with Crippen LogP contribution in [0.3, 0.4) is 0 Å². The molecule has 0 radical (unpaired) electrons. The van der Waals surface area contributed by atoms with E-state index in [1.165, 1.54) is 11.1 Å². The average molecular weight is 379 g/mol. The monoisotopic (exact) mass is 378 g/mol. The van der Waals surface area contributed by atoms with Crippen LogP contribution >= 0.6 is 0 Å². The number of benzene rings is 2. The molecule has 1 fully saturated rings. The van der Waals surface area contributed by atoms with Crippen molar-refractivity contribution in [2.75, 3.05) is 19.6 Å². The molecule has 0 spiro atoms. The summed E-state index contributed by atoms with van der Waals surface area (Å²) < 4.78 is 0. The Bertz CT molecular complexity index is 788. The summed E-state index contributed by atoms with van der Waals surface area (Å²) in [6.45, 7) is 6.38. The number of nitrogens with zero attached hydrogens (tertiary/aromatic N) is 1. The molecule has 0 saturated carbocycles. The minimum atomic E-state index is 0.0795. The van der Waals surface area contributed by atoms with E-state index >= 15 is 0 Å². The lowest BCUT2D eigenvalue weighted by Crippen LogP contribution is -2.39. The van der Waals surface area contributed by atoms with Gasteiger partial charge >= 0.3 is 0 Å². The number of nitrogens with one attached hydrogen (secondary N) is 1. The smallest absolute Gasteiger partial charge is 0.253 e. The maximum atomic E-state index is 12.6. The van der Waals surface area contributed by atoms with E-state index in [1.54, 1.807) is 0 Å². The summed E-state index contributed by atoms with van der Waals surface area (Å²) >= 11 is 0. The second kappa shape index (κ2) is 9.54. The Morgan fingerprint density at radius 1 is 0.929 bits per heavy atom. The Kier molecular flexibility index (Phi) is 6.85. The van der Waals surface area contributed by atoms with Gasteiger partial charge in [-0.2, -0.15) is 0 Å². The zero-order valence-electron chi connectivity index (χ0n) is 16.9. The molecule has 2 amide bonds. The molecule has 1 aliphatic heterocycles. The van der Waals surface area contributed by atoms with Crippen LogP contribution in [-0.4, -0.2) is 36.3 Å². The van der Waals surface area contributed by atoms with Crippen LogP contribution in [0.2, 0.25) is 0 Å². The number of likely N-dealkylation sites (tertiary alicyclic amines) is 1. The average Bonchev–Trinajstić information content (AvgIpc) is 2.70. The van der Waals surface area contributed by atoms with Crippen molar-refractivity contribution in [1.29, 1.82) is 0 Å². The summed E-state index contributed by atoms with van der Waals surface area (Å²) in [7, 11) is 0. The largest absolute Gasteiger partial charge is 0.356 e. The van der Waals surface area contributed by atoms with Gasteiger partial charge in [-0.1, -0.05) is 47.5 Å². The lowest BCUT2D eigenvalue weighted by molar-refractivity contribution is -0.120. The summed E-state index contributed by atoms with van der Waals surface area (Å²) in [5.41, 5.74) is 4.19. The van der Waals surface area contributed by atoms with Gasteiger partial charge in [-0.3, -0.25) is 9.59 Å². The SMILES string of the molecule is Cc1ccc(CC(=O)NCCC2CCN(C(=O)c3ccc(C)cc3)CC2)cc1. The van der Waals surface area contributed by atoms with E-state index in [2.05, 4.69) is 5.32 Å². The first-order valence-corrected chi connectivity index (χ1v) is 10.2. The molecule has 148 valence electrons. The molecule has 0 atom stereocenters. The van der Waals surface area contributed by atoms with E-state index in [1.807, 2.05) is 67.3 Å². The molecule has 0 aliphatic carbocycles. The van der Waals surface area contributed by atoms with Crippen LogP contribution in [0.1, 0.15) is 46.3 Å². The number of hydrogen-bond donors (Lipinski definition) is 1. The van der Waals surface area contributed by atoms with Crippen molar-refractivity contribution in [3.05, 3.63) is 70.8 Å². The van der Waals surface area contributed by atoms with Crippen LogP contribution in [-0.2, 0) is 11.2 Å². The molecule has 0 unspecified atom stereocenters. The zero-order chi connectivity index (χ0) is 19.9. The predicted molar refractivity (Wildman–Crippen MR) is 112 cm³/mol. The first kappa shape index (κ1) is 20.1. The standard InChI is InChI=1S/C24H30N2O2/c1-18-3-7-21(8-4-18)17-23(27)25-14-11-20-12-15-26(16-13-20)24(28)22-9-5-19(2)6-10-22/h3-10,20H,11-17H2,1-2H3,(H,25,27). The number of hydrogen-bond acceptors (Lipinski definition) is 2. The summed E-state index contributed by atoms with van der Waals surface area (Å²) in [6, 6.07) is 15.9. The van der Waals surface area contributed by atoms with E-state index in [-0.39, 0.29) is 11.8 Å².